The third-order valence-electron chi connectivity index (χ3n) is 4.32. The molecule has 132 valence electrons. The molecule has 2 amide bonds. The number of rotatable bonds is 4. The molecule has 6 nitrogen and oxygen atoms in total. The van der Waals surface area contributed by atoms with Crippen molar-refractivity contribution in [1.82, 2.24) is 14.7 Å². The van der Waals surface area contributed by atoms with Gasteiger partial charge in [-0.25, -0.2) is 4.98 Å². The fourth-order valence-corrected chi connectivity index (χ4v) is 3.02. The molecule has 7 heteroatoms. The minimum absolute atomic E-state index is 0.163. The molecule has 0 spiro atoms. The van der Waals surface area contributed by atoms with Gasteiger partial charge in [-0.1, -0.05) is 17.7 Å². The van der Waals surface area contributed by atoms with Gasteiger partial charge < -0.3 is 10.6 Å². The van der Waals surface area contributed by atoms with Gasteiger partial charge in [0.05, 0.1) is 5.52 Å². The first-order valence-corrected chi connectivity index (χ1v) is 8.76. The lowest BCUT2D eigenvalue weighted by molar-refractivity contribution is 0.0948. The molecule has 26 heavy (non-hydrogen) atoms. The van der Waals surface area contributed by atoms with Gasteiger partial charge >= 0.3 is 0 Å². The number of benzene rings is 1. The normalized spacial score (nSPS) is 13.6. The number of fused-ring (bicyclic) bond motifs is 1. The van der Waals surface area contributed by atoms with Gasteiger partial charge in [-0.2, -0.15) is 0 Å². The van der Waals surface area contributed by atoms with Gasteiger partial charge in [-0.15, -0.1) is 0 Å². The number of pyridine rings is 1. The topological polar surface area (TPSA) is 75.5 Å². The molecule has 1 saturated carbocycles. The summed E-state index contributed by atoms with van der Waals surface area (Å²) in [6, 6.07) is 10.8. The minimum atomic E-state index is -0.387. The van der Waals surface area contributed by atoms with E-state index in [4.69, 9.17) is 11.6 Å². The molecular weight excluding hydrogens is 352 g/mol. The summed E-state index contributed by atoms with van der Waals surface area (Å²) < 4.78 is 1.63. The number of nitrogens with zero attached hydrogens (tertiary/aromatic N) is 2. The van der Waals surface area contributed by atoms with Gasteiger partial charge in [0.1, 0.15) is 0 Å². The van der Waals surface area contributed by atoms with E-state index < -0.39 is 0 Å². The summed E-state index contributed by atoms with van der Waals surface area (Å²) in [4.78, 5) is 29.6. The van der Waals surface area contributed by atoms with E-state index in [1.807, 2.05) is 13.0 Å². The SMILES string of the molecule is Cc1cc(Cl)ccc1NC(=O)c1nc(C(=O)NC2CC2)c2ccccn12. The molecule has 1 fully saturated rings. The van der Waals surface area contributed by atoms with Crippen LogP contribution in [0.5, 0.6) is 0 Å². The number of carbonyl (C=O) groups is 2. The van der Waals surface area contributed by atoms with Crippen molar-refractivity contribution >= 4 is 34.6 Å². The summed E-state index contributed by atoms with van der Waals surface area (Å²) >= 11 is 5.96. The number of anilines is 1. The first-order valence-electron chi connectivity index (χ1n) is 8.38. The van der Waals surface area contributed by atoms with Crippen LogP contribution in [0.2, 0.25) is 5.02 Å². The number of halogens is 1. The maximum Gasteiger partial charge on any atom is 0.292 e. The van der Waals surface area contributed by atoms with Crippen molar-refractivity contribution in [3.63, 3.8) is 0 Å². The van der Waals surface area contributed by atoms with Crippen LogP contribution < -0.4 is 10.6 Å². The zero-order valence-electron chi connectivity index (χ0n) is 14.1. The maximum atomic E-state index is 12.8. The van der Waals surface area contributed by atoms with Crippen molar-refractivity contribution in [2.75, 3.05) is 5.32 Å². The number of hydrogen-bond acceptors (Lipinski definition) is 3. The Morgan fingerprint density at radius 2 is 2.00 bits per heavy atom. The predicted molar refractivity (Wildman–Crippen MR) is 99.8 cm³/mol. The molecule has 3 aromatic rings. The zero-order chi connectivity index (χ0) is 18.3. The molecule has 2 aromatic heterocycles. The maximum absolute atomic E-state index is 12.8. The number of nitrogens with one attached hydrogen (secondary N) is 2. The Morgan fingerprint density at radius 3 is 2.73 bits per heavy atom. The molecule has 0 unspecified atom stereocenters. The van der Waals surface area contributed by atoms with Gasteiger partial charge in [0.15, 0.2) is 5.69 Å². The summed E-state index contributed by atoms with van der Waals surface area (Å²) in [5, 5.41) is 6.36. The van der Waals surface area contributed by atoms with Crippen LogP contribution in [0.15, 0.2) is 42.6 Å². The second kappa shape index (κ2) is 6.46. The number of imidazole rings is 1. The Morgan fingerprint density at radius 1 is 1.19 bits per heavy atom. The van der Waals surface area contributed by atoms with Crippen LogP contribution >= 0.6 is 11.6 Å². The van der Waals surface area contributed by atoms with E-state index in [0.717, 1.165) is 18.4 Å². The fourth-order valence-electron chi connectivity index (χ4n) is 2.79. The molecule has 0 saturated heterocycles. The third-order valence-corrected chi connectivity index (χ3v) is 4.55. The van der Waals surface area contributed by atoms with Crippen LogP contribution in [0, 0.1) is 6.92 Å². The molecule has 0 atom stereocenters. The highest BCUT2D eigenvalue weighted by atomic mass is 35.5. The predicted octanol–water partition coefficient (Wildman–Crippen LogP) is 3.44. The minimum Gasteiger partial charge on any atom is -0.348 e. The average molecular weight is 369 g/mol. The zero-order valence-corrected chi connectivity index (χ0v) is 14.9. The summed E-state index contributed by atoms with van der Waals surface area (Å²) in [6.45, 7) is 1.86. The molecule has 2 heterocycles. The first-order chi connectivity index (χ1) is 12.5. The number of aromatic nitrogens is 2. The van der Waals surface area contributed by atoms with Crippen LogP contribution in [-0.4, -0.2) is 27.2 Å². The average Bonchev–Trinajstić information content (AvgIpc) is 3.34. The third kappa shape index (κ3) is 3.15. The quantitative estimate of drug-likeness (QED) is 0.740. The largest absolute Gasteiger partial charge is 0.348 e. The summed E-state index contributed by atoms with van der Waals surface area (Å²) in [5.41, 5.74) is 2.36. The summed E-state index contributed by atoms with van der Waals surface area (Å²) in [5.74, 6) is -0.476. The van der Waals surface area contributed by atoms with E-state index in [1.165, 1.54) is 0 Å². The van der Waals surface area contributed by atoms with E-state index in [0.29, 0.717) is 16.2 Å². The number of hydrogen-bond donors (Lipinski definition) is 2. The highest BCUT2D eigenvalue weighted by Gasteiger charge is 2.27. The van der Waals surface area contributed by atoms with Crippen LogP contribution in [0.1, 0.15) is 39.5 Å². The van der Waals surface area contributed by atoms with Crippen molar-refractivity contribution in [2.24, 2.45) is 0 Å². The smallest absolute Gasteiger partial charge is 0.292 e. The molecule has 2 N–H and O–H groups in total. The van der Waals surface area contributed by atoms with Gasteiger partial charge in [-0.3, -0.25) is 14.0 Å². The van der Waals surface area contributed by atoms with E-state index in [-0.39, 0.29) is 29.4 Å². The molecule has 0 radical (unpaired) electrons. The number of aryl methyl sites for hydroxylation is 1. The van der Waals surface area contributed by atoms with Crippen molar-refractivity contribution in [2.45, 2.75) is 25.8 Å². The fraction of sp³-hybridized carbons (Fsp3) is 0.211. The van der Waals surface area contributed by atoms with Gasteiger partial charge in [0, 0.05) is 22.9 Å². The molecule has 4 rings (SSSR count). The van der Waals surface area contributed by atoms with Gasteiger partial charge in [0.2, 0.25) is 5.82 Å². The molecular formula is C19H17ClN4O2. The lowest BCUT2D eigenvalue weighted by Crippen LogP contribution is -2.26. The Bertz CT molecular complexity index is 1020. The van der Waals surface area contributed by atoms with E-state index in [1.54, 1.807) is 40.9 Å². The second-order valence-corrected chi connectivity index (χ2v) is 6.84. The lowest BCUT2D eigenvalue weighted by atomic mass is 10.2. The van der Waals surface area contributed by atoms with E-state index in [9.17, 15) is 9.59 Å². The van der Waals surface area contributed by atoms with E-state index in [2.05, 4.69) is 15.6 Å². The second-order valence-electron chi connectivity index (χ2n) is 6.40. The summed E-state index contributed by atoms with van der Waals surface area (Å²) in [7, 11) is 0. The highest BCUT2D eigenvalue weighted by molar-refractivity contribution is 6.30. The standard InChI is InChI=1S/C19H17ClN4O2/c1-11-10-12(20)5-8-14(11)22-19(26)17-23-16(18(25)21-13-6-7-13)15-4-2-3-9-24(15)17/h2-5,8-10,13H,6-7H2,1H3,(H,21,25)(H,22,26). The first kappa shape index (κ1) is 16.6. The Balaban J connectivity index is 1.69. The van der Waals surface area contributed by atoms with Gasteiger partial charge in [0.25, 0.3) is 11.8 Å². The van der Waals surface area contributed by atoms with Crippen molar-refractivity contribution in [3.8, 4) is 0 Å². The number of amides is 2. The molecule has 1 aliphatic carbocycles. The Hall–Kier alpha value is -2.86. The van der Waals surface area contributed by atoms with Crippen molar-refractivity contribution < 1.29 is 9.59 Å². The van der Waals surface area contributed by atoms with E-state index >= 15 is 0 Å². The lowest BCUT2D eigenvalue weighted by Gasteiger charge is -2.08. The summed E-state index contributed by atoms with van der Waals surface area (Å²) in [6.07, 6.45) is 3.70. The van der Waals surface area contributed by atoms with Crippen LogP contribution in [0.4, 0.5) is 5.69 Å². The molecule has 0 bridgehead atoms. The monoisotopic (exact) mass is 368 g/mol. The highest BCUT2D eigenvalue weighted by Crippen LogP contribution is 2.22. The molecule has 0 aliphatic heterocycles. The van der Waals surface area contributed by atoms with Crippen LogP contribution in [-0.2, 0) is 0 Å². The molecule has 1 aromatic carbocycles. The van der Waals surface area contributed by atoms with Crippen LogP contribution in [0.25, 0.3) is 5.52 Å². The van der Waals surface area contributed by atoms with Crippen molar-refractivity contribution in [1.29, 1.82) is 0 Å². The number of carbonyl (C=O) groups excluding carboxylic acids is 2. The molecule has 1 aliphatic rings. The van der Waals surface area contributed by atoms with Crippen LogP contribution in [0.3, 0.4) is 0 Å². The Kier molecular flexibility index (Phi) is 4.12. The Labute approximate surface area is 155 Å². The van der Waals surface area contributed by atoms with Crippen molar-refractivity contribution in [3.05, 3.63) is 64.7 Å². The van der Waals surface area contributed by atoms with Gasteiger partial charge in [-0.05, 0) is 55.7 Å².